The van der Waals surface area contributed by atoms with Gasteiger partial charge in [0.25, 0.3) is 0 Å². The Morgan fingerprint density at radius 1 is 1.53 bits per heavy atom. The average molecular weight is 258 g/mol. The van der Waals surface area contributed by atoms with Gasteiger partial charge in [-0.05, 0) is 19.8 Å². The minimum Gasteiger partial charge on any atom is -0.392 e. The molecule has 1 rings (SSSR count). The van der Waals surface area contributed by atoms with Crippen LogP contribution in [0.1, 0.15) is 33.6 Å². The molecular formula is C12H22N2O2S. The van der Waals surface area contributed by atoms with Crippen molar-refractivity contribution >= 4 is 23.1 Å². The van der Waals surface area contributed by atoms with Crippen molar-refractivity contribution in [2.24, 2.45) is 11.1 Å². The van der Waals surface area contributed by atoms with E-state index in [1.165, 1.54) is 0 Å². The molecule has 1 aliphatic heterocycles. The van der Waals surface area contributed by atoms with Crippen molar-refractivity contribution < 1.29 is 9.53 Å². The smallest absolute Gasteiger partial charge is 0.236 e. The van der Waals surface area contributed by atoms with Crippen molar-refractivity contribution in [3.05, 3.63) is 0 Å². The molecule has 1 amide bonds. The number of thiocarbonyl (C=S) groups is 1. The molecular weight excluding hydrogens is 236 g/mol. The van der Waals surface area contributed by atoms with Gasteiger partial charge in [0.2, 0.25) is 5.91 Å². The van der Waals surface area contributed by atoms with Crippen LogP contribution in [0.3, 0.4) is 0 Å². The number of ether oxygens (including phenoxy) is 1. The summed E-state index contributed by atoms with van der Waals surface area (Å²) in [6.07, 6.45) is 1.31. The Morgan fingerprint density at radius 3 is 2.53 bits per heavy atom. The van der Waals surface area contributed by atoms with Crippen LogP contribution in [0.4, 0.5) is 0 Å². The highest BCUT2D eigenvalue weighted by Gasteiger charge is 2.42. The zero-order valence-corrected chi connectivity index (χ0v) is 11.7. The van der Waals surface area contributed by atoms with Gasteiger partial charge in [-0.15, -0.1) is 0 Å². The van der Waals surface area contributed by atoms with Gasteiger partial charge >= 0.3 is 0 Å². The summed E-state index contributed by atoms with van der Waals surface area (Å²) in [4.78, 5) is 14.8. The van der Waals surface area contributed by atoms with Crippen LogP contribution in [-0.4, -0.2) is 41.6 Å². The molecule has 0 saturated carbocycles. The van der Waals surface area contributed by atoms with E-state index in [0.717, 1.165) is 0 Å². The normalized spacial score (nSPS) is 21.4. The topological polar surface area (TPSA) is 55.6 Å². The van der Waals surface area contributed by atoms with Crippen molar-refractivity contribution in [3.63, 3.8) is 0 Å². The first-order valence-electron chi connectivity index (χ1n) is 6.18. The zero-order valence-electron chi connectivity index (χ0n) is 10.9. The lowest BCUT2D eigenvalue weighted by atomic mass is 9.80. The van der Waals surface area contributed by atoms with Crippen LogP contribution in [0.2, 0.25) is 0 Å². The summed E-state index contributed by atoms with van der Waals surface area (Å²) in [5.74, 6) is 0.0609. The average Bonchev–Trinajstić information content (AvgIpc) is 2.31. The van der Waals surface area contributed by atoms with E-state index < -0.39 is 5.41 Å². The van der Waals surface area contributed by atoms with Gasteiger partial charge in [-0.3, -0.25) is 4.79 Å². The van der Waals surface area contributed by atoms with E-state index in [-0.39, 0.29) is 11.9 Å². The van der Waals surface area contributed by atoms with Crippen LogP contribution in [0.15, 0.2) is 0 Å². The van der Waals surface area contributed by atoms with Gasteiger partial charge in [0.1, 0.15) is 0 Å². The lowest BCUT2D eigenvalue weighted by Crippen LogP contribution is -2.56. The number of morpholine rings is 1. The number of hydrogen-bond acceptors (Lipinski definition) is 3. The number of rotatable bonds is 4. The Bertz CT molecular complexity index is 303. The highest BCUT2D eigenvalue weighted by atomic mass is 32.1. The van der Waals surface area contributed by atoms with Crippen LogP contribution in [0.25, 0.3) is 0 Å². The summed E-state index contributed by atoms with van der Waals surface area (Å²) in [5.41, 5.74) is 5.12. The lowest BCUT2D eigenvalue weighted by molar-refractivity contribution is -0.146. The molecule has 0 aliphatic carbocycles. The molecule has 1 unspecified atom stereocenters. The first kappa shape index (κ1) is 14.4. The third kappa shape index (κ3) is 2.60. The predicted molar refractivity (Wildman–Crippen MR) is 71.8 cm³/mol. The number of carbonyl (C=O) groups is 1. The number of hydrogen-bond donors (Lipinski definition) is 1. The molecule has 5 heteroatoms. The second kappa shape index (κ2) is 5.78. The largest absolute Gasteiger partial charge is 0.392 e. The molecule has 98 valence electrons. The van der Waals surface area contributed by atoms with E-state index in [1.807, 2.05) is 25.7 Å². The highest BCUT2D eigenvalue weighted by molar-refractivity contribution is 7.80. The maximum absolute atomic E-state index is 12.6. The summed E-state index contributed by atoms with van der Waals surface area (Å²) in [7, 11) is 0. The lowest BCUT2D eigenvalue weighted by Gasteiger charge is -2.40. The second-order valence-electron chi connectivity index (χ2n) is 4.58. The Morgan fingerprint density at radius 2 is 2.12 bits per heavy atom. The van der Waals surface area contributed by atoms with Crippen LogP contribution < -0.4 is 5.73 Å². The first-order valence-corrected chi connectivity index (χ1v) is 6.59. The number of amides is 1. The minimum absolute atomic E-state index is 0.0609. The maximum Gasteiger partial charge on any atom is 0.236 e. The van der Waals surface area contributed by atoms with Gasteiger partial charge in [0, 0.05) is 6.54 Å². The molecule has 0 aromatic heterocycles. The Balaban J connectivity index is 2.94. The molecule has 1 atom stereocenters. The molecule has 1 heterocycles. The summed E-state index contributed by atoms with van der Waals surface area (Å²) in [5, 5.41) is 0. The highest BCUT2D eigenvalue weighted by Crippen LogP contribution is 2.31. The Kier molecular flexibility index (Phi) is 4.89. The maximum atomic E-state index is 12.6. The molecule has 0 spiro atoms. The minimum atomic E-state index is -0.680. The van der Waals surface area contributed by atoms with Gasteiger partial charge in [-0.25, -0.2) is 0 Å². The molecule has 0 aromatic rings. The molecule has 4 nitrogen and oxygen atoms in total. The Labute approximate surface area is 108 Å². The molecule has 0 radical (unpaired) electrons. The van der Waals surface area contributed by atoms with Gasteiger partial charge in [0.15, 0.2) is 0 Å². The monoisotopic (exact) mass is 258 g/mol. The zero-order chi connectivity index (χ0) is 13.1. The number of nitrogens with two attached hydrogens (primary N) is 1. The fraction of sp³-hybridized carbons (Fsp3) is 0.833. The van der Waals surface area contributed by atoms with Crippen LogP contribution >= 0.6 is 12.2 Å². The van der Waals surface area contributed by atoms with Crippen molar-refractivity contribution in [2.45, 2.75) is 39.7 Å². The summed E-state index contributed by atoms with van der Waals surface area (Å²) in [6, 6.07) is 0.100. The molecule has 1 aliphatic rings. The van der Waals surface area contributed by atoms with Crippen molar-refractivity contribution in [1.29, 1.82) is 0 Å². The van der Waals surface area contributed by atoms with Crippen molar-refractivity contribution in [1.82, 2.24) is 4.90 Å². The van der Waals surface area contributed by atoms with E-state index in [2.05, 4.69) is 0 Å². The summed E-state index contributed by atoms with van der Waals surface area (Å²) < 4.78 is 5.34. The quantitative estimate of drug-likeness (QED) is 0.773. The fourth-order valence-electron chi connectivity index (χ4n) is 2.31. The third-order valence-electron chi connectivity index (χ3n) is 3.72. The standard InChI is InChI=1S/C12H22N2O2S/c1-4-12(5-2,10(13)17)11(15)14-6-7-16-8-9(14)3/h9H,4-8H2,1-3H3,(H2,13,17). The van der Waals surface area contributed by atoms with Gasteiger partial charge in [0.05, 0.1) is 29.7 Å². The number of nitrogens with zero attached hydrogens (tertiary/aromatic N) is 1. The van der Waals surface area contributed by atoms with E-state index in [0.29, 0.717) is 37.6 Å². The third-order valence-corrected chi connectivity index (χ3v) is 4.11. The van der Waals surface area contributed by atoms with E-state index in [1.54, 1.807) is 0 Å². The molecule has 1 saturated heterocycles. The van der Waals surface area contributed by atoms with Crippen LogP contribution in [0.5, 0.6) is 0 Å². The van der Waals surface area contributed by atoms with Gasteiger partial charge in [-0.2, -0.15) is 0 Å². The number of carbonyl (C=O) groups excluding carboxylic acids is 1. The fourth-order valence-corrected chi connectivity index (χ4v) is 2.69. The summed E-state index contributed by atoms with van der Waals surface area (Å²) in [6.45, 7) is 7.73. The van der Waals surface area contributed by atoms with Crippen molar-refractivity contribution in [2.75, 3.05) is 19.8 Å². The molecule has 0 bridgehead atoms. The van der Waals surface area contributed by atoms with Gasteiger partial charge < -0.3 is 15.4 Å². The van der Waals surface area contributed by atoms with Crippen molar-refractivity contribution in [3.8, 4) is 0 Å². The first-order chi connectivity index (χ1) is 7.99. The molecule has 1 fully saturated rings. The van der Waals surface area contributed by atoms with Crippen LogP contribution in [-0.2, 0) is 9.53 Å². The van der Waals surface area contributed by atoms with E-state index in [4.69, 9.17) is 22.7 Å². The molecule has 17 heavy (non-hydrogen) atoms. The summed E-state index contributed by atoms with van der Waals surface area (Å²) >= 11 is 5.11. The SMILES string of the molecule is CCC(CC)(C(=O)N1CCOCC1C)C(N)=S. The Hall–Kier alpha value is -0.680. The van der Waals surface area contributed by atoms with Gasteiger partial charge in [-0.1, -0.05) is 26.1 Å². The molecule has 2 N–H and O–H groups in total. The van der Waals surface area contributed by atoms with E-state index >= 15 is 0 Å². The van der Waals surface area contributed by atoms with E-state index in [9.17, 15) is 4.79 Å². The predicted octanol–water partition coefficient (Wildman–Crippen LogP) is 1.33. The molecule has 0 aromatic carbocycles. The van der Waals surface area contributed by atoms with Crippen LogP contribution in [0, 0.1) is 5.41 Å². The second-order valence-corrected chi connectivity index (χ2v) is 5.02.